The second-order valence-electron chi connectivity index (χ2n) is 5.89. The summed E-state index contributed by atoms with van der Waals surface area (Å²) in [7, 11) is 0. The van der Waals surface area contributed by atoms with E-state index in [4.69, 9.17) is 5.73 Å². The van der Waals surface area contributed by atoms with Crippen LogP contribution in [0.25, 0.3) is 0 Å². The molecule has 0 aromatic carbocycles. The molecule has 1 heterocycles. The summed E-state index contributed by atoms with van der Waals surface area (Å²) in [5.41, 5.74) is 5.51. The number of piperazine rings is 1. The number of carbonyl (C=O) groups excluding carboxylic acids is 1. The van der Waals surface area contributed by atoms with E-state index in [0.717, 1.165) is 39.3 Å². The molecule has 16 heavy (non-hydrogen) atoms. The number of hydrogen-bond acceptors (Lipinski definition) is 3. The van der Waals surface area contributed by atoms with E-state index in [-0.39, 0.29) is 5.91 Å². The van der Waals surface area contributed by atoms with E-state index in [1.165, 1.54) is 0 Å². The van der Waals surface area contributed by atoms with E-state index >= 15 is 0 Å². The quantitative estimate of drug-likeness (QED) is 0.762. The normalized spacial score (nSPS) is 19.9. The average Bonchev–Trinajstić information content (AvgIpc) is 2.14. The summed E-state index contributed by atoms with van der Waals surface area (Å²) in [4.78, 5) is 15.5. The van der Waals surface area contributed by atoms with Crippen LogP contribution >= 0.6 is 0 Å². The molecule has 1 aliphatic heterocycles. The van der Waals surface area contributed by atoms with Crippen LogP contribution in [-0.4, -0.2) is 55.0 Å². The van der Waals surface area contributed by atoms with Gasteiger partial charge in [0, 0.05) is 45.7 Å². The van der Waals surface area contributed by atoms with Crippen molar-refractivity contribution in [1.82, 2.24) is 9.80 Å². The van der Waals surface area contributed by atoms with E-state index in [1.807, 2.05) is 0 Å². The Labute approximate surface area is 98.8 Å². The molecule has 1 fully saturated rings. The van der Waals surface area contributed by atoms with Crippen molar-refractivity contribution in [3.05, 3.63) is 0 Å². The van der Waals surface area contributed by atoms with Crippen LogP contribution in [0.5, 0.6) is 0 Å². The average molecular weight is 227 g/mol. The first kappa shape index (κ1) is 13.5. The Morgan fingerprint density at radius 2 is 1.62 bits per heavy atom. The molecule has 0 saturated carbocycles. The van der Waals surface area contributed by atoms with Gasteiger partial charge >= 0.3 is 0 Å². The predicted octanol–water partition coefficient (Wildman–Crippen LogP) is 0.526. The van der Waals surface area contributed by atoms with Crippen LogP contribution in [0.15, 0.2) is 0 Å². The summed E-state index contributed by atoms with van der Waals surface area (Å²) >= 11 is 0. The molecule has 1 aliphatic rings. The van der Waals surface area contributed by atoms with Gasteiger partial charge in [-0.15, -0.1) is 0 Å². The summed E-state index contributed by atoms with van der Waals surface area (Å²) in [5.74, 6) is -0.197. The molecule has 4 nitrogen and oxygen atoms in total. The van der Waals surface area contributed by atoms with E-state index < -0.39 is 0 Å². The SMILES string of the molecule is CC(C)(C)CN1CCN(CCC(N)=O)CC1. The fourth-order valence-corrected chi connectivity index (χ4v) is 2.11. The fraction of sp³-hybridized carbons (Fsp3) is 0.917. The Balaban J connectivity index is 2.21. The highest BCUT2D eigenvalue weighted by molar-refractivity contribution is 5.73. The molecular formula is C12H25N3O. The van der Waals surface area contributed by atoms with E-state index in [0.29, 0.717) is 11.8 Å². The van der Waals surface area contributed by atoms with Crippen LogP contribution in [0, 0.1) is 5.41 Å². The minimum Gasteiger partial charge on any atom is -0.370 e. The van der Waals surface area contributed by atoms with Gasteiger partial charge < -0.3 is 15.5 Å². The first-order valence-corrected chi connectivity index (χ1v) is 6.10. The van der Waals surface area contributed by atoms with Crippen LogP contribution in [0.2, 0.25) is 0 Å². The highest BCUT2D eigenvalue weighted by Crippen LogP contribution is 2.16. The maximum Gasteiger partial charge on any atom is 0.218 e. The van der Waals surface area contributed by atoms with Gasteiger partial charge in [0.15, 0.2) is 0 Å². The molecule has 1 rings (SSSR count). The van der Waals surface area contributed by atoms with Gasteiger partial charge in [0.05, 0.1) is 0 Å². The number of carbonyl (C=O) groups is 1. The number of amides is 1. The molecule has 0 spiro atoms. The zero-order valence-electron chi connectivity index (χ0n) is 10.8. The third-order valence-corrected chi connectivity index (χ3v) is 2.84. The van der Waals surface area contributed by atoms with Gasteiger partial charge in [-0.05, 0) is 5.41 Å². The zero-order chi connectivity index (χ0) is 12.2. The molecule has 0 bridgehead atoms. The molecular weight excluding hydrogens is 202 g/mol. The highest BCUT2D eigenvalue weighted by Gasteiger charge is 2.21. The summed E-state index contributed by atoms with van der Waals surface area (Å²) in [5, 5.41) is 0. The molecule has 0 unspecified atom stereocenters. The third kappa shape index (κ3) is 5.47. The Hall–Kier alpha value is -0.610. The highest BCUT2D eigenvalue weighted by atomic mass is 16.1. The minimum absolute atomic E-state index is 0.197. The fourth-order valence-electron chi connectivity index (χ4n) is 2.11. The molecule has 0 aromatic heterocycles. The van der Waals surface area contributed by atoms with Crippen molar-refractivity contribution in [2.75, 3.05) is 39.3 Å². The van der Waals surface area contributed by atoms with Gasteiger partial charge in [-0.3, -0.25) is 4.79 Å². The second kappa shape index (κ2) is 5.64. The Bertz CT molecular complexity index is 227. The van der Waals surface area contributed by atoms with Gasteiger partial charge in [-0.25, -0.2) is 0 Å². The van der Waals surface area contributed by atoms with Crippen LogP contribution in [0.1, 0.15) is 27.2 Å². The van der Waals surface area contributed by atoms with Crippen LogP contribution < -0.4 is 5.73 Å². The van der Waals surface area contributed by atoms with Gasteiger partial charge in [0.2, 0.25) is 5.91 Å². The summed E-state index contributed by atoms with van der Waals surface area (Å²) < 4.78 is 0. The first-order chi connectivity index (χ1) is 7.37. The van der Waals surface area contributed by atoms with Crippen LogP contribution in [-0.2, 0) is 4.79 Å². The minimum atomic E-state index is -0.197. The molecule has 0 aliphatic carbocycles. The molecule has 1 amide bonds. The molecule has 4 heteroatoms. The lowest BCUT2D eigenvalue weighted by atomic mass is 9.96. The van der Waals surface area contributed by atoms with Crippen LogP contribution in [0.4, 0.5) is 0 Å². The molecule has 1 saturated heterocycles. The van der Waals surface area contributed by atoms with E-state index in [1.54, 1.807) is 0 Å². The van der Waals surface area contributed by atoms with Gasteiger partial charge in [-0.2, -0.15) is 0 Å². The van der Waals surface area contributed by atoms with Crippen molar-refractivity contribution in [1.29, 1.82) is 0 Å². The Kier molecular flexibility index (Phi) is 4.74. The lowest BCUT2D eigenvalue weighted by molar-refractivity contribution is -0.118. The summed E-state index contributed by atoms with van der Waals surface area (Å²) in [6.07, 6.45) is 0.485. The molecule has 2 N–H and O–H groups in total. The van der Waals surface area contributed by atoms with Gasteiger partial charge in [0.1, 0.15) is 0 Å². The van der Waals surface area contributed by atoms with Gasteiger partial charge in [-0.1, -0.05) is 20.8 Å². The van der Waals surface area contributed by atoms with Crippen molar-refractivity contribution >= 4 is 5.91 Å². The first-order valence-electron chi connectivity index (χ1n) is 6.10. The topological polar surface area (TPSA) is 49.6 Å². The Morgan fingerprint density at radius 1 is 1.12 bits per heavy atom. The summed E-state index contributed by atoms with van der Waals surface area (Å²) in [6.45, 7) is 13.1. The van der Waals surface area contributed by atoms with Crippen molar-refractivity contribution in [2.24, 2.45) is 11.1 Å². The molecule has 94 valence electrons. The number of nitrogens with zero attached hydrogens (tertiary/aromatic N) is 2. The smallest absolute Gasteiger partial charge is 0.218 e. The maximum atomic E-state index is 10.7. The van der Waals surface area contributed by atoms with Gasteiger partial charge in [0.25, 0.3) is 0 Å². The third-order valence-electron chi connectivity index (χ3n) is 2.84. The Morgan fingerprint density at radius 3 is 2.06 bits per heavy atom. The van der Waals surface area contributed by atoms with Crippen molar-refractivity contribution in [3.63, 3.8) is 0 Å². The van der Waals surface area contributed by atoms with E-state index in [9.17, 15) is 4.79 Å². The standard InChI is InChI=1S/C12H25N3O/c1-12(2,3)10-15-8-6-14(7-9-15)5-4-11(13)16/h4-10H2,1-3H3,(H2,13,16). The lowest BCUT2D eigenvalue weighted by Crippen LogP contribution is -2.49. The number of nitrogens with two attached hydrogens (primary N) is 1. The lowest BCUT2D eigenvalue weighted by Gasteiger charge is -2.37. The molecule has 0 atom stereocenters. The number of rotatable bonds is 4. The monoisotopic (exact) mass is 227 g/mol. The molecule has 0 radical (unpaired) electrons. The predicted molar refractivity (Wildman–Crippen MR) is 66.1 cm³/mol. The van der Waals surface area contributed by atoms with Crippen molar-refractivity contribution < 1.29 is 4.79 Å². The molecule has 0 aromatic rings. The van der Waals surface area contributed by atoms with Crippen molar-refractivity contribution in [3.8, 4) is 0 Å². The maximum absolute atomic E-state index is 10.7. The number of primary amides is 1. The largest absolute Gasteiger partial charge is 0.370 e. The van der Waals surface area contributed by atoms with Crippen molar-refractivity contribution in [2.45, 2.75) is 27.2 Å². The van der Waals surface area contributed by atoms with E-state index in [2.05, 4.69) is 30.6 Å². The second-order valence-corrected chi connectivity index (χ2v) is 5.89. The summed E-state index contributed by atoms with van der Waals surface area (Å²) in [6, 6.07) is 0. The van der Waals surface area contributed by atoms with Crippen LogP contribution in [0.3, 0.4) is 0 Å². The zero-order valence-corrected chi connectivity index (χ0v) is 10.8. The number of hydrogen-bond donors (Lipinski definition) is 1.